The average molecular weight is 416 g/mol. The highest BCUT2D eigenvalue weighted by molar-refractivity contribution is 8.27. The summed E-state index contributed by atoms with van der Waals surface area (Å²) in [6.45, 7) is 0. The molecule has 1 aliphatic heterocycles. The topological polar surface area (TPSA) is 102 Å². The number of carbonyl (C=O) groups excluding carboxylic acids is 2. The van der Waals surface area contributed by atoms with Crippen molar-refractivity contribution in [3.05, 3.63) is 52.4 Å². The van der Waals surface area contributed by atoms with Crippen LogP contribution in [0.15, 0.2) is 41.3 Å². The van der Waals surface area contributed by atoms with E-state index in [0.29, 0.717) is 16.2 Å². The van der Waals surface area contributed by atoms with Gasteiger partial charge in [-0.2, -0.15) is 0 Å². The lowest BCUT2D eigenvalue weighted by atomic mass is 10.1. The van der Waals surface area contributed by atoms with Crippen LogP contribution in [0.3, 0.4) is 0 Å². The van der Waals surface area contributed by atoms with E-state index in [4.69, 9.17) is 27.4 Å². The van der Waals surface area contributed by atoms with E-state index >= 15 is 0 Å². The molecular weight excluding hydrogens is 400 g/mol. The second kappa shape index (κ2) is 7.91. The van der Waals surface area contributed by atoms with Gasteiger partial charge < -0.3 is 20.3 Å². The molecule has 3 rings (SSSR count). The minimum atomic E-state index is -0.651. The lowest BCUT2D eigenvalue weighted by Crippen LogP contribution is -2.30. The number of para-hydroxylation sites is 1. The summed E-state index contributed by atoms with van der Waals surface area (Å²) in [6, 6.07) is 9.64. The normalized spacial score (nSPS) is 15.2. The molecule has 1 saturated heterocycles. The second-order valence-electron chi connectivity index (χ2n) is 5.67. The number of rotatable bonds is 5. The van der Waals surface area contributed by atoms with Crippen LogP contribution >= 0.6 is 24.0 Å². The molecule has 28 heavy (non-hydrogen) atoms. The van der Waals surface area contributed by atoms with Crippen molar-refractivity contribution in [2.24, 2.45) is 5.73 Å². The van der Waals surface area contributed by atoms with Gasteiger partial charge in [-0.3, -0.25) is 14.5 Å². The highest BCUT2D eigenvalue weighted by Crippen LogP contribution is 2.40. The van der Waals surface area contributed by atoms with Gasteiger partial charge in [-0.05, 0) is 35.9 Å². The first-order valence-corrected chi connectivity index (χ1v) is 9.21. The Kier molecular flexibility index (Phi) is 5.57. The fraction of sp³-hybridized carbons (Fsp3) is 0.105. The predicted molar refractivity (Wildman–Crippen MR) is 112 cm³/mol. The van der Waals surface area contributed by atoms with E-state index < -0.39 is 5.91 Å². The maximum absolute atomic E-state index is 13.0. The predicted octanol–water partition coefficient (Wildman–Crippen LogP) is 2.91. The number of primary amides is 1. The number of carbonyl (C=O) groups is 2. The number of ether oxygens (including phenoxy) is 2. The Labute approximate surface area is 170 Å². The molecule has 2 aromatic rings. The number of thioether (sulfide) groups is 1. The summed E-state index contributed by atoms with van der Waals surface area (Å²) >= 11 is 6.44. The molecule has 3 N–H and O–H groups in total. The number of nitrogens with two attached hydrogens (primary N) is 1. The Balaban J connectivity index is 2.02. The van der Waals surface area contributed by atoms with E-state index in [9.17, 15) is 14.7 Å². The third-order valence-electron chi connectivity index (χ3n) is 4.00. The van der Waals surface area contributed by atoms with Crippen molar-refractivity contribution in [2.45, 2.75) is 0 Å². The van der Waals surface area contributed by atoms with Crippen molar-refractivity contribution in [3.63, 3.8) is 0 Å². The molecule has 0 spiro atoms. The summed E-state index contributed by atoms with van der Waals surface area (Å²) in [4.78, 5) is 26.3. The van der Waals surface area contributed by atoms with Crippen LogP contribution in [0, 0.1) is 0 Å². The monoisotopic (exact) mass is 416 g/mol. The molecule has 0 bridgehead atoms. The van der Waals surface area contributed by atoms with Crippen LogP contribution < -0.4 is 20.1 Å². The molecule has 2 aromatic carbocycles. The summed E-state index contributed by atoms with van der Waals surface area (Å²) in [5, 5.41) is 10.0. The largest absolute Gasteiger partial charge is 0.502 e. The maximum atomic E-state index is 13.0. The van der Waals surface area contributed by atoms with Gasteiger partial charge >= 0.3 is 0 Å². The van der Waals surface area contributed by atoms with Crippen LogP contribution in [0.5, 0.6) is 17.2 Å². The number of thiocarbonyl (C=S) groups is 1. The van der Waals surface area contributed by atoms with Crippen LogP contribution in [0.4, 0.5) is 5.69 Å². The first-order chi connectivity index (χ1) is 13.4. The van der Waals surface area contributed by atoms with Crippen molar-refractivity contribution >= 4 is 51.9 Å². The van der Waals surface area contributed by atoms with Crippen molar-refractivity contribution in [1.82, 2.24) is 0 Å². The van der Waals surface area contributed by atoms with E-state index in [0.717, 1.165) is 11.8 Å². The molecule has 144 valence electrons. The van der Waals surface area contributed by atoms with Gasteiger partial charge in [-0.1, -0.05) is 36.1 Å². The Bertz CT molecular complexity index is 994. The van der Waals surface area contributed by atoms with Gasteiger partial charge in [0, 0.05) is 0 Å². The van der Waals surface area contributed by atoms with Crippen LogP contribution in [0.1, 0.15) is 15.9 Å². The van der Waals surface area contributed by atoms with Gasteiger partial charge in [0.25, 0.3) is 11.8 Å². The molecule has 0 unspecified atom stereocenters. The van der Waals surface area contributed by atoms with Gasteiger partial charge in [0.05, 0.1) is 30.4 Å². The lowest BCUT2D eigenvalue weighted by Gasteiger charge is -2.17. The minimum absolute atomic E-state index is 0.134. The molecule has 0 atom stereocenters. The van der Waals surface area contributed by atoms with E-state index in [1.54, 1.807) is 36.4 Å². The number of phenols is 1. The average Bonchev–Trinajstić information content (AvgIpc) is 2.95. The number of aromatic hydroxyl groups is 1. The standard InChI is InChI=1S/C19H16N2O5S2/c1-25-13-7-10(8-14(26-2)16(13)22)9-15-18(24)21(19(27)28-15)12-6-4-3-5-11(12)17(20)23/h3-9,22H,1-2H3,(H2,20,23)/b15-9-. The number of hydrogen-bond donors (Lipinski definition) is 2. The molecule has 0 radical (unpaired) electrons. The zero-order valence-corrected chi connectivity index (χ0v) is 16.6. The molecule has 9 heteroatoms. The lowest BCUT2D eigenvalue weighted by molar-refractivity contribution is -0.113. The number of methoxy groups -OCH3 is 2. The summed E-state index contributed by atoms with van der Waals surface area (Å²) in [6.07, 6.45) is 1.61. The van der Waals surface area contributed by atoms with Crippen molar-refractivity contribution < 1.29 is 24.2 Å². The van der Waals surface area contributed by atoms with Crippen molar-refractivity contribution in [2.75, 3.05) is 19.1 Å². The van der Waals surface area contributed by atoms with Crippen LogP contribution in [-0.4, -0.2) is 35.5 Å². The zero-order valence-electron chi connectivity index (χ0n) is 15.0. The van der Waals surface area contributed by atoms with Crippen molar-refractivity contribution in [3.8, 4) is 17.2 Å². The third kappa shape index (κ3) is 3.54. The Morgan fingerprint density at radius 3 is 2.39 bits per heavy atom. The number of amides is 2. The summed E-state index contributed by atoms with van der Waals surface area (Å²) in [7, 11) is 2.83. The van der Waals surface area contributed by atoms with E-state index in [2.05, 4.69) is 0 Å². The second-order valence-corrected chi connectivity index (χ2v) is 7.35. The number of benzene rings is 2. The molecular formula is C19H16N2O5S2. The third-order valence-corrected chi connectivity index (χ3v) is 5.31. The fourth-order valence-corrected chi connectivity index (χ4v) is 3.99. The van der Waals surface area contributed by atoms with Gasteiger partial charge in [0.2, 0.25) is 5.75 Å². The fourth-order valence-electron chi connectivity index (χ4n) is 2.70. The molecule has 1 aliphatic rings. The SMILES string of the molecule is COc1cc(/C=C2\SC(=S)N(c3ccccc3C(N)=O)C2=O)cc(OC)c1O. The molecule has 1 heterocycles. The van der Waals surface area contributed by atoms with E-state index in [1.807, 2.05) is 0 Å². The quantitative estimate of drug-likeness (QED) is 0.571. The Morgan fingerprint density at radius 1 is 1.21 bits per heavy atom. The van der Waals surface area contributed by atoms with E-state index in [-0.39, 0.29) is 33.0 Å². The first-order valence-electron chi connectivity index (χ1n) is 7.99. The molecule has 0 aliphatic carbocycles. The molecule has 0 aromatic heterocycles. The summed E-state index contributed by atoms with van der Waals surface area (Å²) in [5.74, 6) is -0.748. The number of nitrogens with zero attached hydrogens (tertiary/aromatic N) is 1. The van der Waals surface area contributed by atoms with Crippen LogP contribution in [0.25, 0.3) is 6.08 Å². The maximum Gasteiger partial charge on any atom is 0.270 e. The summed E-state index contributed by atoms with van der Waals surface area (Å²) < 4.78 is 10.5. The number of phenolic OH excluding ortho intramolecular Hbond substituents is 1. The summed E-state index contributed by atoms with van der Waals surface area (Å²) in [5.41, 5.74) is 6.53. The van der Waals surface area contributed by atoms with Crippen molar-refractivity contribution in [1.29, 1.82) is 0 Å². The van der Waals surface area contributed by atoms with Gasteiger partial charge in [0.1, 0.15) is 0 Å². The Morgan fingerprint density at radius 2 is 1.82 bits per heavy atom. The number of anilines is 1. The molecule has 7 nitrogen and oxygen atoms in total. The number of hydrogen-bond acceptors (Lipinski definition) is 7. The van der Waals surface area contributed by atoms with Gasteiger partial charge in [0.15, 0.2) is 15.8 Å². The van der Waals surface area contributed by atoms with Gasteiger partial charge in [-0.15, -0.1) is 0 Å². The smallest absolute Gasteiger partial charge is 0.270 e. The van der Waals surface area contributed by atoms with Gasteiger partial charge in [-0.25, -0.2) is 0 Å². The molecule has 2 amide bonds. The molecule has 0 saturated carbocycles. The zero-order chi connectivity index (χ0) is 20.4. The van der Waals surface area contributed by atoms with Crippen LogP contribution in [0.2, 0.25) is 0 Å². The highest BCUT2D eigenvalue weighted by atomic mass is 32.2. The minimum Gasteiger partial charge on any atom is -0.502 e. The Hall–Kier alpha value is -3.04. The highest BCUT2D eigenvalue weighted by Gasteiger charge is 2.35. The van der Waals surface area contributed by atoms with Crippen LogP contribution in [-0.2, 0) is 4.79 Å². The first kappa shape index (κ1) is 19.7. The molecule has 1 fully saturated rings. The van der Waals surface area contributed by atoms with E-state index in [1.165, 1.54) is 25.2 Å².